The molecule has 1 aliphatic carbocycles. The van der Waals surface area contributed by atoms with Gasteiger partial charge in [0.2, 0.25) is 5.91 Å². The number of fused-ring (bicyclic) bond motifs is 1. The van der Waals surface area contributed by atoms with Crippen molar-refractivity contribution in [2.75, 3.05) is 18.8 Å². The van der Waals surface area contributed by atoms with Gasteiger partial charge in [-0.3, -0.25) is 9.69 Å². The molecule has 1 aromatic rings. The molecule has 2 aliphatic heterocycles. The molecule has 4 rings (SSSR count). The minimum atomic E-state index is -3.14. The second kappa shape index (κ2) is 6.64. The van der Waals surface area contributed by atoms with Crippen molar-refractivity contribution < 1.29 is 17.7 Å². The number of carbonyl (C=O) groups excluding carboxylic acids is 1. The Bertz CT molecular complexity index is 780. The number of nitrogens with one attached hydrogen (secondary N) is 1. The van der Waals surface area contributed by atoms with Gasteiger partial charge < -0.3 is 9.84 Å². The molecule has 1 aromatic heterocycles. The summed E-state index contributed by atoms with van der Waals surface area (Å²) in [7, 11) is -3.14. The van der Waals surface area contributed by atoms with E-state index in [-0.39, 0.29) is 23.5 Å². The number of aryl methyl sites for hydroxylation is 2. The van der Waals surface area contributed by atoms with Crippen LogP contribution in [0, 0.1) is 25.7 Å². The Morgan fingerprint density at radius 2 is 2.04 bits per heavy atom. The number of nitrogens with zero attached hydrogens (tertiary/aromatic N) is 2. The monoisotopic (exact) mass is 381 g/mol. The van der Waals surface area contributed by atoms with Crippen LogP contribution in [0.15, 0.2) is 4.52 Å². The minimum Gasteiger partial charge on any atom is -0.361 e. The smallest absolute Gasteiger partial charge is 0.223 e. The predicted molar refractivity (Wildman–Crippen MR) is 96.2 cm³/mol. The number of hydrogen-bond acceptors (Lipinski definition) is 6. The molecule has 1 amide bonds. The van der Waals surface area contributed by atoms with E-state index < -0.39 is 15.1 Å². The third kappa shape index (κ3) is 3.17. The Labute approximate surface area is 154 Å². The van der Waals surface area contributed by atoms with Gasteiger partial charge in [0.1, 0.15) is 5.76 Å². The number of aromatic nitrogens is 1. The summed E-state index contributed by atoms with van der Waals surface area (Å²) in [4.78, 5) is 14.9. The van der Waals surface area contributed by atoms with Gasteiger partial charge in [0.15, 0.2) is 9.84 Å². The van der Waals surface area contributed by atoms with E-state index in [4.69, 9.17) is 4.52 Å². The van der Waals surface area contributed by atoms with Gasteiger partial charge in [-0.2, -0.15) is 0 Å². The molecule has 0 aromatic carbocycles. The second-order valence-corrected chi connectivity index (χ2v) is 10.4. The van der Waals surface area contributed by atoms with Crippen LogP contribution in [0.5, 0.6) is 0 Å². The molecule has 8 heteroatoms. The fraction of sp³-hybridized carbons (Fsp3) is 0.778. The summed E-state index contributed by atoms with van der Waals surface area (Å²) in [6.07, 6.45) is 3.70. The zero-order valence-electron chi connectivity index (χ0n) is 15.4. The number of carbonyl (C=O) groups is 1. The van der Waals surface area contributed by atoms with Crippen molar-refractivity contribution >= 4 is 15.7 Å². The molecule has 3 heterocycles. The van der Waals surface area contributed by atoms with Crippen molar-refractivity contribution in [3.8, 4) is 0 Å². The highest BCUT2D eigenvalue weighted by atomic mass is 32.2. The van der Waals surface area contributed by atoms with Crippen LogP contribution in [0.1, 0.15) is 42.7 Å². The van der Waals surface area contributed by atoms with Crippen LogP contribution in [0.4, 0.5) is 0 Å². The molecule has 0 spiro atoms. The van der Waals surface area contributed by atoms with Crippen LogP contribution in [0.25, 0.3) is 0 Å². The standard InChI is InChI=1S/C18H27N3O4S/c1-11-15(12(2)25-20-11)8-21-9-16-14(18(22)19-13-4-3-5-13)6-7-26(23,24)17(16)10-21/h13-14,16-17H,3-10H2,1-2H3,(H,19,22)/t14-,16+,17+/m0/s1. The Kier molecular flexibility index (Phi) is 4.59. The highest BCUT2D eigenvalue weighted by Gasteiger charge is 2.50. The second-order valence-electron chi connectivity index (χ2n) is 8.10. The van der Waals surface area contributed by atoms with Crippen molar-refractivity contribution in [2.24, 2.45) is 11.8 Å². The molecule has 1 N–H and O–H groups in total. The number of likely N-dealkylation sites (tertiary alicyclic amines) is 1. The molecule has 0 unspecified atom stereocenters. The summed E-state index contributed by atoms with van der Waals surface area (Å²) < 4.78 is 30.5. The number of rotatable bonds is 4. The Balaban J connectivity index is 1.50. The van der Waals surface area contributed by atoms with Crippen LogP contribution in [0.2, 0.25) is 0 Å². The quantitative estimate of drug-likeness (QED) is 0.842. The van der Waals surface area contributed by atoms with E-state index >= 15 is 0 Å². The molecule has 2 saturated heterocycles. The highest BCUT2D eigenvalue weighted by molar-refractivity contribution is 7.92. The molecule has 3 aliphatic rings. The molecule has 7 nitrogen and oxygen atoms in total. The molecule has 26 heavy (non-hydrogen) atoms. The molecule has 1 saturated carbocycles. The van der Waals surface area contributed by atoms with E-state index in [0.29, 0.717) is 32.1 Å². The molecule has 0 bridgehead atoms. The lowest BCUT2D eigenvalue weighted by Crippen LogP contribution is -2.50. The normalized spacial score (nSPS) is 31.4. The van der Waals surface area contributed by atoms with Gasteiger partial charge in [-0.1, -0.05) is 5.16 Å². The maximum atomic E-state index is 12.7. The fourth-order valence-corrected chi connectivity index (χ4v) is 6.70. The van der Waals surface area contributed by atoms with Gasteiger partial charge in [0.25, 0.3) is 0 Å². The summed E-state index contributed by atoms with van der Waals surface area (Å²) in [5.74, 6) is 0.641. The molecule has 144 valence electrons. The Hall–Kier alpha value is -1.41. The van der Waals surface area contributed by atoms with Gasteiger partial charge in [0, 0.05) is 43.1 Å². The van der Waals surface area contributed by atoms with Crippen LogP contribution < -0.4 is 5.32 Å². The summed E-state index contributed by atoms with van der Waals surface area (Å²) in [6, 6.07) is 0.291. The van der Waals surface area contributed by atoms with Crippen LogP contribution >= 0.6 is 0 Å². The average molecular weight is 381 g/mol. The van der Waals surface area contributed by atoms with Gasteiger partial charge in [-0.15, -0.1) is 0 Å². The lowest BCUT2D eigenvalue weighted by atomic mass is 9.86. The van der Waals surface area contributed by atoms with E-state index in [9.17, 15) is 13.2 Å². The Morgan fingerprint density at radius 3 is 2.65 bits per heavy atom. The van der Waals surface area contributed by atoms with E-state index in [0.717, 1.165) is 29.9 Å². The fourth-order valence-electron chi connectivity index (χ4n) is 4.57. The van der Waals surface area contributed by atoms with E-state index in [1.54, 1.807) is 0 Å². The number of hydrogen-bond donors (Lipinski definition) is 1. The first-order valence-electron chi connectivity index (χ1n) is 9.51. The van der Waals surface area contributed by atoms with Crippen molar-refractivity contribution in [3.63, 3.8) is 0 Å². The van der Waals surface area contributed by atoms with Gasteiger partial charge in [-0.05, 0) is 39.5 Å². The zero-order chi connectivity index (χ0) is 18.5. The summed E-state index contributed by atoms with van der Waals surface area (Å²) in [6.45, 7) is 5.53. The third-order valence-corrected chi connectivity index (χ3v) is 8.65. The zero-order valence-corrected chi connectivity index (χ0v) is 16.2. The van der Waals surface area contributed by atoms with E-state index in [1.807, 2.05) is 13.8 Å². The van der Waals surface area contributed by atoms with Crippen molar-refractivity contribution in [1.29, 1.82) is 0 Å². The maximum Gasteiger partial charge on any atom is 0.223 e. The number of sulfone groups is 1. The highest BCUT2D eigenvalue weighted by Crippen LogP contribution is 2.38. The molecule has 0 radical (unpaired) electrons. The first-order valence-corrected chi connectivity index (χ1v) is 11.2. The lowest BCUT2D eigenvalue weighted by molar-refractivity contribution is -0.128. The third-order valence-electron chi connectivity index (χ3n) is 6.43. The maximum absolute atomic E-state index is 12.7. The Morgan fingerprint density at radius 1 is 1.27 bits per heavy atom. The first-order chi connectivity index (χ1) is 12.3. The topological polar surface area (TPSA) is 92.5 Å². The number of amides is 1. The van der Waals surface area contributed by atoms with Gasteiger partial charge >= 0.3 is 0 Å². The molecular formula is C18H27N3O4S. The first kappa shape index (κ1) is 18.0. The van der Waals surface area contributed by atoms with E-state index in [1.165, 1.54) is 6.42 Å². The summed E-state index contributed by atoms with van der Waals surface area (Å²) >= 11 is 0. The largest absolute Gasteiger partial charge is 0.361 e. The summed E-state index contributed by atoms with van der Waals surface area (Å²) in [5.41, 5.74) is 1.87. The van der Waals surface area contributed by atoms with Gasteiger partial charge in [0.05, 0.1) is 16.7 Å². The predicted octanol–water partition coefficient (Wildman–Crippen LogP) is 1.20. The summed E-state index contributed by atoms with van der Waals surface area (Å²) in [5, 5.41) is 6.68. The SMILES string of the molecule is Cc1noc(C)c1CN1C[C@@H]2[C@@H](C(=O)NC3CCC3)CCS(=O)(=O)[C@@H]2C1. The minimum absolute atomic E-state index is 0.0544. The van der Waals surface area contributed by atoms with Crippen molar-refractivity contribution in [1.82, 2.24) is 15.4 Å². The van der Waals surface area contributed by atoms with Crippen LogP contribution in [0.3, 0.4) is 0 Å². The molecular weight excluding hydrogens is 354 g/mol. The molecule has 3 fully saturated rings. The van der Waals surface area contributed by atoms with E-state index in [2.05, 4.69) is 15.4 Å². The van der Waals surface area contributed by atoms with Gasteiger partial charge in [-0.25, -0.2) is 8.42 Å². The van der Waals surface area contributed by atoms with Crippen molar-refractivity contribution in [3.05, 3.63) is 17.0 Å². The van der Waals surface area contributed by atoms with Crippen molar-refractivity contribution in [2.45, 2.75) is 57.4 Å². The lowest BCUT2D eigenvalue weighted by Gasteiger charge is -2.34. The van der Waals surface area contributed by atoms with Crippen LogP contribution in [-0.2, 0) is 21.2 Å². The molecule has 3 atom stereocenters. The van der Waals surface area contributed by atoms with Crippen LogP contribution in [-0.4, -0.2) is 54.5 Å². The average Bonchev–Trinajstić information content (AvgIpc) is 3.10.